The van der Waals surface area contributed by atoms with Crippen LogP contribution >= 0.6 is 23.4 Å². The first-order chi connectivity index (χ1) is 18.2. The van der Waals surface area contributed by atoms with E-state index in [4.69, 9.17) is 16.6 Å². The number of nitrogens with zero attached hydrogens (tertiary/aromatic N) is 5. The van der Waals surface area contributed by atoms with E-state index in [1.807, 2.05) is 41.3 Å². The van der Waals surface area contributed by atoms with Gasteiger partial charge in [-0.05, 0) is 47.7 Å². The fraction of sp³-hybridized carbons (Fsp3) is 0.241. The van der Waals surface area contributed by atoms with Crippen molar-refractivity contribution in [1.29, 1.82) is 0 Å². The highest BCUT2D eigenvalue weighted by atomic mass is 35.5. The standard InChI is InChI=1S/C29H26ClN5OS/c30-23-10-5-7-20(17-23)18-35-25-12-4-3-11-24(25)27-28(35)31-29(33-32-27)37-16-6-13-26(36)34-15-14-21-8-1-2-9-22(21)19-34/h1-5,7-12,17H,6,13-16,18-19H2. The number of halogens is 1. The predicted octanol–water partition coefficient (Wildman–Crippen LogP) is 6.14. The number of hydrogen-bond acceptors (Lipinski definition) is 5. The molecule has 1 aliphatic rings. The molecule has 2 aromatic heterocycles. The Morgan fingerprint density at radius 3 is 2.70 bits per heavy atom. The first-order valence-corrected chi connectivity index (χ1v) is 13.9. The Balaban J connectivity index is 1.14. The van der Waals surface area contributed by atoms with Crippen molar-refractivity contribution in [3.8, 4) is 0 Å². The maximum Gasteiger partial charge on any atom is 0.222 e. The molecule has 0 N–H and O–H groups in total. The number of thioether (sulfide) groups is 1. The van der Waals surface area contributed by atoms with Crippen LogP contribution in [0.5, 0.6) is 0 Å². The van der Waals surface area contributed by atoms with E-state index in [9.17, 15) is 4.79 Å². The fourth-order valence-electron chi connectivity index (χ4n) is 4.98. The van der Waals surface area contributed by atoms with Gasteiger partial charge >= 0.3 is 0 Å². The summed E-state index contributed by atoms with van der Waals surface area (Å²) >= 11 is 7.78. The molecule has 0 radical (unpaired) electrons. The van der Waals surface area contributed by atoms with Crippen LogP contribution in [-0.4, -0.2) is 42.9 Å². The zero-order valence-electron chi connectivity index (χ0n) is 20.3. The summed E-state index contributed by atoms with van der Waals surface area (Å²) in [6.07, 6.45) is 2.23. The van der Waals surface area contributed by atoms with Crippen LogP contribution in [0, 0.1) is 0 Å². The van der Waals surface area contributed by atoms with Crippen molar-refractivity contribution in [3.05, 3.63) is 94.5 Å². The topological polar surface area (TPSA) is 63.9 Å². The van der Waals surface area contributed by atoms with Gasteiger partial charge < -0.3 is 9.47 Å². The van der Waals surface area contributed by atoms with E-state index >= 15 is 0 Å². The van der Waals surface area contributed by atoms with Gasteiger partial charge in [-0.1, -0.05) is 78.0 Å². The summed E-state index contributed by atoms with van der Waals surface area (Å²) in [7, 11) is 0. The normalized spacial score (nSPS) is 13.3. The van der Waals surface area contributed by atoms with E-state index in [0.717, 1.165) is 52.8 Å². The van der Waals surface area contributed by atoms with Gasteiger partial charge in [-0.15, -0.1) is 10.2 Å². The number of hydrogen-bond donors (Lipinski definition) is 0. The van der Waals surface area contributed by atoms with Crippen LogP contribution in [0.25, 0.3) is 22.1 Å². The molecule has 0 fully saturated rings. The third-order valence-electron chi connectivity index (χ3n) is 6.83. The first-order valence-electron chi connectivity index (χ1n) is 12.5. The molecular formula is C29H26ClN5OS. The van der Waals surface area contributed by atoms with Gasteiger partial charge in [0.15, 0.2) is 5.65 Å². The number of aromatic nitrogens is 4. The molecule has 186 valence electrons. The molecule has 0 aliphatic carbocycles. The number of carbonyl (C=O) groups is 1. The predicted molar refractivity (Wildman–Crippen MR) is 149 cm³/mol. The molecule has 8 heteroatoms. The summed E-state index contributed by atoms with van der Waals surface area (Å²) in [6.45, 7) is 2.15. The third-order valence-corrected chi connectivity index (χ3v) is 7.99. The van der Waals surface area contributed by atoms with Crippen molar-refractivity contribution < 1.29 is 4.79 Å². The summed E-state index contributed by atoms with van der Waals surface area (Å²) in [5, 5.41) is 11.3. The Morgan fingerprint density at radius 1 is 0.973 bits per heavy atom. The molecule has 5 aromatic rings. The van der Waals surface area contributed by atoms with Crippen LogP contribution in [0.15, 0.2) is 78.0 Å². The molecule has 0 bridgehead atoms. The van der Waals surface area contributed by atoms with Crippen LogP contribution in [0.2, 0.25) is 5.02 Å². The van der Waals surface area contributed by atoms with Crippen molar-refractivity contribution in [1.82, 2.24) is 24.6 Å². The lowest BCUT2D eigenvalue weighted by Crippen LogP contribution is -2.35. The molecule has 6 nitrogen and oxygen atoms in total. The Labute approximate surface area is 224 Å². The molecule has 37 heavy (non-hydrogen) atoms. The van der Waals surface area contributed by atoms with E-state index in [2.05, 4.69) is 51.2 Å². The SMILES string of the molecule is O=C(CCCSc1nnc2c3ccccc3n(Cc3cccc(Cl)c3)c2n1)N1CCc2ccccc2C1. The van der Waals surface area contributed by atoms with Crippen molar-refractivity contribution in [2.45, 2.75) is 37.5 Å². The molecular weight excluding hydrogens is 502 g/mol. The average Bonchev–Trinajstić information content (AvgIpc) is 3.23. The molecule has 0 spiro atoms. The van der Waals surface area contributed by atoms with E-state index < -0.39 is 0 Å². The lowest BCUT2D eigenvalue weighted by molar-refractivity contribution is -0.132. The van der Waals surface area contributed by atoms with Gasteiger partial charge in [0, 0.05) is 42.2 Å². The molecule has 0 saturated carbocycles. The highest BCUT2D eigenvalue weighted by Crippen LogP contribution is 2.29. The van der Waals surface area contributed by atoms with Gasteiger partial charge in [0.25, 0.3) is 0 Å². The average molecular weight is 528 g/mol. The summed E-state index contributed by atoms with van der Waals surface area (Å²) in [5.41, 5.74) is 6.38. The molecule has 6 rings (SSSR count). The minimum atomic E-state index is 0.214. The Bertz CT molecular complexity index is 1600. The van der Waals surface area contributed by atoms with Gasteiger partial charge in [0.1, 0.15) is 5.52 Å². The van der Waals surface area contributed by atoms with Crippen LogP contribution in [-0.2, 0) is 24.3 Å². The molecule has 0 saturated heterocycles. The molecule has 0 unspecified atom stereocenters. The molecule has 1 aliphatic heterocycles. The van der Waals surface area contributed by atoms with E-state index in [1.54, 1.807) is 11.8 Å². The number of carbonyl (C=O) groups excluding carboxylic acids is 1. The highest BCUT2D eigenvalue weighted by Gasteiger charge is 2.20. The van der Waals surface area contributed by atoms with Gasteiger partial charge in [-0.25, -0.2) is 4.98 Å². The van der Waals surface area contributed by atoms with Gasteiger partial charge in [-0.2, -0.15) is 0 Å². The first kappa shape index (κ1) is 23.9. The van der Waals surface area contributed by atoms with Crippen molar-refractivity contribution in [2.24, 2.45) is 0 Å². The summed E-state index contributed by atoms with van der Waals surface area (Å²) in [6, 6.07) is 24.4. The van der Waals surface area contributed by atoms with E-state index in [1.165, 1.54) is 11.1 Å². The monoisotopic (exact) mass is 527 g/mol. The molecule has 3 aromatic carbocycles. The fourth-order valence-corrected chi connectivity index (χ4v) is 5.92. The maximum absolute atomic E-state index is 12.8. The van der Waals surface area contributed by atoms with Crippen LogP contribution in [0.3, 0.4) is 0 Å². The number of fused-ring (bicyclic) bond motifs is 4. The molecule has 1 amide bonds. The second-order valence-corrected chi connectivity index (χ2v) is 10.8. The second kappa shape index (κ2) is 10.5. The van der Waals surface area contributed by atoms with Gasteiger partial charge in [-0.3, -0.25) is 4.79 Å². The smallest absolute Gasteiger partial charge is 0.222 e. The molecule has 0 atom stereocenters. The largest absolute Gasteiger partial charge is 0.338 e. The van der Waals surface area contributed by atoms with Crippen molar-refractivity contribution in [2.75, 3.05) is 12.3 Å². The summed E-state index contributed by atoms with van der Waals surface area (Å²) in [5.74, 6) is 0.976. The minimum Gasteiger partial charge on any atom is -0.338 e. The van der Waals surface area contributed by atoms with Crippen LogP contribution in [0.1, 0.15) is 29.5 Å². The zero-order valence-corrected chi connectivity index (χ0v) is 21.9. The van der Waals surface area contributed by atoms with E-state index in [-0.39, 0.29) is 5.91 Å². The number of amides is 1. The van der Waals surface area contributed by atoms with Crippen molar-refractivity contribution >= 4 is 51.3 Å². The Kier molecular flexibility index (Phi) is 6.81. The van der Waals surface area contributed by atoms with Crippen LogP contribution in [0.4, 0.5) is 0 Å². The summed E-state index contributed by atoms with van der Waals surface area (Å²) in [4.78, 5) is 19.7. The number of rotatable bonds is 7. The van der Waals surface area contributed by atoms with Crippen LogP contribution < -0.4 is 0 Å². The quantitative estimate of drug-likeness (QED) is 0.188. The highest BCUT2D eigenvalue weighted by molar-refractivity contribution is 7.99. The zero-order chi connectivity index (χ0) is 25.2. The Morgan fingerprint density at radius 2 is 1.81 bits per heavy atom. The lowest BCUT2D eigenvalue weighted by Gasteiger charge is -2.29. The van der Waals surface area contributed by atoms with Crippen molar-refractivity contribution in [3.63, 3.8) is 0 Å². The van der Waals surface area contributed by atoms with E-state index in [0.29, 0.717) is 29.7 Å². The molecule has 3 heterocycles. The minimum absolute atomic E-state index is 0.214. The third kappa shape index (κ3) is 5.06. The van der Waals surface area contributed by atoms with Gasteiger partial charge in [0.05, 0.1) is 5.52 Å². The Hall–Kier alpha value is -3.42. The summed E-state index contributed by atoms with van der Waals surface area (Å²) < 4.78 is 2.17. The lowest BCUT2D eigenvalue weighted by atomic mass is 10.00. The maximum atomic E-state index is 12.8. The number of para-hydroxylation sites is 1. The second-order valence-electron chi connectivity index (χ2n) is 9.29. The van der Waals surface area contributed by atoms with Gasteiger partial charge in [0.2, 0.25) is 11.1 Å². The number of benzene rings is 3.